The summed E-state index contributed by atoms with van der Waals surface area (Å²) >= 11 is 5.67. The third-order valence-corrected chi connectivity index (χ3v) is 9.30. The van der Waals surface area contributed by atoms with Crippen LogP contribution in [0.15, 0.2) is 54.9 Å². The number of benzene rings is 2. The number of hydrogen-bond acceptors (Lipinski definition) is 7. The second-order valence-corrected chi connectivity index (χ2v) is 12.3. The number of nitrogens with one attached hydrogen (secondary N) is 1. The number of halogens is 4. The van der Waals surface area contributed by atoms with Crippen molar-refractivity contribution in [3.8, 4) is 11.5 Å². The Hall–Kier alpha value is -2.62. The molecule has 2 aliphatic rings. The summed E-state index contributed by atoms with van der Waals surface area (Å²) in [6.07, 6.45) is 4.58. The van der Waals surface area contributed by atoms with E-state index in [1.165, 1.54) is 42.5 Å². The molecule has 2 atom stereocenters. The number of ether oxygens (including phenoxy) is 4. The second kappa shape index (κ2) is 12.5. The fourth-order valence-corrected chi connectivity index (χ4v) is 6.87. The van der Waals surface area contributed by atoms with E-state index in [1.54, 1.807) is 12.4 Å². The number of carbonyl (C=O) groups excluding carboxylic acids is 1. The number of fused-ring (bicyclic) bond motifs is 1. The summed E-state index contributed by atoms with van der Waals surface area (Å²) in [5, 5.41) is 21.2. The van der Waals surface area contributed by atoms with Gasteiger partial charge in [-0.3, -0.25) is 0 Å². The van der Waals surface area contributed by atoms with Gasteiger partial charge in [0.2, 0.25) is 0 Å². The summed E-state index contributed by atoms with van der Waals surface area (Å²) in [7, 11) is 0. The van der Waals surface area contributed by atoms with Gasteiger partial charge in [0.15, 0.2) is 0 Å². The number of H-pyrrole nitrogens is 1. The number of alkyl halides is 3. The predicted molar refractivity (Wildman–Crippen MR) is 130 cm³/mol. The molecule has 5 N–H and O–H groups in total. The van der Waals surface area contributed by atoms with Gasteiger partial charge in [-0.25, -0.2) is 0 Å². The maximum absolute atomic E-state index is 13.6. The van der Waals surface area contributed by atoms with Crippen molar-refractivity contribution in [2.24, 2.45) is 5.92 Å². The van der Waals surface area contributed by atoms with Crippen molar-refractivity contribution < 1.29 is 74.5 Å². The molecule has 1 saturated carbocycles. The molecule has 13 heteroatoms. The first-order valence-corrected chi connectivity index (χ1v) is 15.4. The number of aromatic amines is 1. The van der Waals surface area contributed by atoms with Crippen LogP contribution in [0.2, 0.25) is 5.02 Å². The quantitative estimate of drug-likeness (QED) is 0.100. The number of carbonyl (C=O) groups is 1. The average molecular weight is 692 g/mol. The van der Waals surface area contributed by atoms with E-state index < -0.39 is 45.7 Å². The Morgan fingerprint density at radius 2 is 1.95 bits per heavy atom. The molecule has 1 fully saturated rings. The first-order valence-electron chi connectivity index (χ1n) is 12.4. The van der Waals surface area contributed by atoms with Gasteiger partial charge in [-0.15, -0.1) is 0 Å². The van der Waals surface area contributed by atoms with Crippen molar-refractivity contribution in [1.82, 2.24) is 0 Å². The van der Waals surface area contributed by atoms with Crippen LogP contribution >= 0.6 is 11.6 Å². The molecular formula is C27H27ClF2IN2O7+. The topological polar surface area (TPSA) is 125 Å². The average Bonchev–Trinajstić information content (AvgIpc) is 3.77. The normalized spacial score (nSPS) is 21.6. The van der Waals surface area contributed by atoms with E-state index in [9.17, 15) is 23.9 Å². The van der Waals surface area contributed by atoms with Gasteiger partial charge in [-0.1, -0.05) is 0 Å². The molecule has 3 aromatic rings. The Bertz CT molecular complexity index is 1360. The minimum absolute atomic E-state index is 0.0724. The van der Waals surface area contributed by atoms with Gasteiger partial charge in [0.05, 0.1) is 0 Å². The summed E-state index contributed by atoms with van der Waals surface area (Å²) < 4.78 is 49.3. The van der Waals surface area contributed by atoms with Crippen LogP contribution in [0.4, 0.5) is 14.5 Å². The van der Waals surface area contributed by atoms with Crippen molar-refractivity contribution in [3.63, 3.8) is 0 Å². The molecule has 2 heterocycles. The van der Waals surface area contributed by atoms with Gasteiger partial charge >= 0.3 is 244 Å². The van der Waals surface area contributed by atoms with E-state index in [0.717, 1.165) is 27.5 Å². The van der Waals surface area contributed by atoms with Gasteiger partial charge < -0.3 is 0 Å². The van der Waals surface area contributed by atoms with Gasteiger partial charge in [0.1, 0.15) is 0 Å². The number of aliphatic hydroxyl groups is 1. The molecule has 0 amide bonds. The molecule has 0 radical (unpaired) electrons. The van der Waals surface area contributed by atoms with Crippen LogP contribution in [0.25, 0.3) is 0 Å². The van der Waals surface area contributed by atoms with Crippen molar-refractivity contribution in [1.29, 1.82) is 0 Å². The van der Waals surface area contributed by atoms with Crippen LogP contribution in [-0.4, -0.2) is 34.1 Å². The summed E-state index contributed by atoms with van der Waals surface area (Å²) in [5.74, 6) is -3.18. The Labute approximate surface area is 243 Å². The number of esters is 1. The molecule has 40 heavy (non-hydrogen) atoms. The van der Waals surface area contributed by atoms with Crippen molar-refractivity contribution >= 4 is 23.3 Å². The number of rotatable bonds is 8. The van der Waals surface area contributed by atoms with E-state index in [4.69, 9.17) is 25.8 Å². The SMILES string of the molecule is O=C1O[C@H](c2ccc(OC(F)F)c(OCC3CC3)c2)Cc2c(Cl)c[nH+]cc2[I-]COC1(O)c1ccc([NH2+]O)cc1. The summed E-state index contributed by atoms with van der Waals surface area (Å²) in [6, 6.07) is 10.3. The summed E-state index contributed by atoms with van der Waals surface area (Å²) in [6.45, 7) is -2.70. The molecule has 9 nitrogen and oxygen atoms in total. The van der Waals surface area contributed by atoms with E-state index >= 15 is 0 Å². The Balaban J connectivity index is 1.54. The van der Waals surface area contributed by atoms with Gasteiger partial charge in [0.25, 0.3) is 0 Å². The zero-order valence-corrected chi connectivity index (χ0v) is 23.9. The summed E-state index contributed by atoms with van der Waals surface area (Å²) in [4.78, 5) is 16.6. The number of hydrogen-bond donors (Lipinski definition) is 3. The van der Waals surface area contributed by atoms with Crippen molar-refractivity contribution in [2.75, 3.05) is 11.2 Å². The molecule has 2 aromatic carbocycles. The van der Waals surface area contributed by atoms with Crippen LogP contribution in [0.3, 0.4) is 0 Å². The second-order valence-electron chi connectivity index (χ2n) is 9.35. The summed E-state index contributed by atoms with van der Waals surface area (Å²) in [5.41, 5.74) is 2.66. The van der Waals surface area contributed by atoms with E-state index in [-0.39, 0.29) is 28.1 Å². The van der Waals surface area contributed by atoms with E-state index in [0.29, 0.717) is 28.8 Å². The maximum atomic E-state index is 13.6. The molecule has 0 spiro atoms. The molecule has 0 bridgehead atoms. The van der Waals surface area contributed by atoms with Crippen LogP contribution in [0, 0.1) is 9.49 Å². The Morgan fingerprint density at radius 3 is 2.65 bits per heavy atom. The molecule has 0 saturated heterocycles. The molecule has 5 rings (SSSR count). The number of nitrogens with two attached hydrogens (primary N) is 1. The third-order valence-electron chi connectivity index (χ3n) is 6.55. The van der Waals surface area contributed by atoms with Gasteiger partial charge in [0, 0.05) is 0 Å². The van der Waals surface area contributed by atoms with E-state index in [1.807, 2.05) is 0 Å². The first kappa shape index (κ1) is 28.9. The van der Waals surface area contributed by atoms with Gasteiger partial charge in [-0.05, 0) is 0 Å². The zero-order valence-electron chi connectivity index (χ0n) is 21.0. The number of cyclic esters (lactones) is 1. The molecule has 1 aliphatic heterocycles. The predicted octanol–water partition coefficient (Wildman–Crippen LogP) is 0.0470. The monoisotopic (exact) mass is 691 g/mol. The Kier molecular flexibility index (Phi) is 9.02. The molecule has 1 aromatic heterocycles. The third kappa shape index (κ3) is 6.64. The fourth-order valence-electron chi connectivity index (χ4n) is 4.16. The van der Waals surface area contributed by atoms with Crippen molar-refractivity contribution in [3.05, 3.63) is 80.1 Å². The standard InChI is InChI=1S/C27H25ClF2IN2O7/c28-20-11-32-12-21-19(20)10-23(16-3-8-22(40-26(29)30)24(9-16)37-13-15-1-2-15)39-25(34)27(35,38-14-31-21)17-4-6-18(33-36)7-5-17/h3-9,11-12,15,23,26,33,35-36H,1-2,10,13-14H2/q-1/p+2/t23-,27?/m0/s1. The van der Waals surface area contributed by atoms with Crippen LogP contribution in [0.5, 0.6) is 11.5 Å². The van der Waals surface area contributed by atoms with Gasteiger partial charge in [-0.2, -0.15) is 0 Å². The fraction of sp³-hybridized carbons (Fsp3) is 0.333. The van der Waals surface area contributed by atoms with Crippen molar-refractivity contribution in [2.45, 2.75) is 37.8 Å². The molecular weight excluding hydrogens is 665 g/mol. The molecule has 1 aliphatic carbocycles. The number of aromatic nitrogens is 1. The minimum atomic E-state index is -3.05. The van der Waals surface area contributed by atoms with Crippen LogP contribution < -0.4 is 41.1 Å². The van der Waals surface area contributed by atoms with Crippen LogP contribution in [-0.2, 0) is 26.5 Å². The van der Waals surface area contributed by atoms with E-state index in [2.05, 4.69) is 9.72 Å². The number of pyridine rings is 1. The Morgan fingerprint density at radius 1 is 1.18 bits per heavy atom. The number of quaternary nitrogens is 1. The molecule has 1 unspecified atom stereocenters. The zero-order chi connectivity index (χ0) is 28.3. The first-order chi connectivity index (χ1) is 19.3. The molecule has 214 valence electrons. The van der Waals surface area contributed by atoms with Crippen LogP contribution in [0.1, 0.15) is 35.6 Å².